The van der Waals surface area contributed by atoms with Gasteiger partial charge in [-0.1, -0.05) is 0 Å². The summed E-state index contributed by atoms with van der Waals surface area (Å²) in [6.45, 7) is 0. The Morgan fingerprint density at radius 1 is 0.867 bits per heavy atom. The van der Waals surface area contributed by atoms with Crippen LogP contribution in [0.5, 0.6) is 0 Å². The number of aliphatic carboxylic acids is 2. The van der Waals surface area contributed by atoms with Crippen molar-refractivity contribution in [3.63, 3.8) is 0 Å². The van der Waals surface area contributed by atoms with Crippen LogP contribution in [0.25, 0.3) is 0 Å². The Morgan fingerprint density at radius 2 is 1.30 bits per heavy atom. The number of aromatic amines is 2. The fourth-order valence-electron chi connectivity index (χ4n) is 2.56. The molecule has 0 aliphatic rings. The molecule has 3 rings (SSSR count). The number of imidazole rings is 2. The van der Waals surface area contributed by atoms with E-state index in [-0.39, 0.29) is 30.7 Å². The minimum atomic E-state index is -1.12. The molecule has 0 saturated carbocycles. The van der Waals surface area contributed by atoms with E-state index in [9.17, 15) is 19.8 Å². The van der Waals surface area contributed by atoms with Gasteiger partial charge in [0.25, 0.3) is 0 Å². The molecule has 0 spiro atoms. The smallest absolute Gasteiger partial charge is 0.326 e. The Kier molecular flexibility index (Phi) is 6.36. The molecule has 0 fully saturated rings. The molecule has 0 aliphatic carbocycles. The van der Waals surface area contributed by atoms with E-state index in [2.05, 4.69) is 50.8 Å². The monoisotopic (exact) mass is 416 g/mol. The van der Waals surface area contributed by atoms with Crippen LogP contribution >= 0.6 is 0 Å². The van der Waals surface area contributed by atoms with Crippen molar-refractivity contribution >= 4 is 29.8 Å². The fraction of sp³-hybridized carbons (Fsp3) is 0.312. The third kappa shape index (κ3) is 5.40. The lowest BCUT2D eigenvalue weighted by Gasteiger charge is -2.17. The number of hydrogen-bond acceptors (Lipinski definition) is 10. The highest BCUT2D eigenvalue weighted by atomic mass is 16.4. The summed E-state index contributed by atoms with van der Waals surface area (Å²) < 4.78 is 0. The molecule has 3 aromatic heterocycles. The average molecular weight is 416 g/mol. The Bertz CT molecular complexity index is 902. The zero-order valence-electron chi connectivity index (χ0n) is 15.8. The van der Waals surface area contributed by atoms with Gasteiger partial charge in [0.2, 0.25) is 17.8 Å². The van der Waals surface area contributed by atoms with Gasteiger partial charge >= 0.3 is 11.9 Å². The predicted molar refractivity (Wildman–Crippen MR) is 104 cm³/mol. The molecule has 3 heterocycles. The van der Waals surface area contributed by atoms with Crippen LogP contribution < -0.4 is 16.0 Å². The van der Waals surface area contributed by atoms with Crippen LogP contribution in [0.15, 0.2) is 25.0 Å². The van der Waals surface area contributed by atoms with Crippen LogP contribution in [0.2, 0.25) is 0 Å². The Morgan fingerprint density at radius 3 is 1.63 bits per heavy atom. The number of anilines is 3. The molecule has 158 valence electrons. The van der Waals surface area contributed by atoms with E-state index in [4.69, 9.17) is 0 Å². The van der Waals surface area contributed by atoms with E-state index in [1.54, 1.807) is 7.05 Å². The number of nitrogens with zero attached hydrogens (tertiary/aromatic N) is 5. The summed E-state index contributed by atoms with van der Waals surface area (Å²) in [5, 5.41) is 27.2. The lowest BCUT2D eigenvalue weighted by Crippen LogP contribution is -2.34. The van der Waals surface area contributed by atoms with E-state index in [1.807, 2.05) is 0 Å². The van der Waals surface area contributed by atoms with Gasteiger partial charge in [0.05, 0.1) is 12.7 Å². The molecular weight excluding hydrogens is 396 g/mol. The number of nitrogens with one attached hydrogen (secondary N) is 5. The van der Waals surface area contributed by atoms with Gasteiger partial charge in [-0.25, -0.2) is 19.6 Å². The maximum atomic E-state index is 11.6. The number of carboxylic acids is 2. The Hall–Kier alpha value is -4.23. The standard InChI is InChI=1S/C16H20N10O4/c1-17-14-24-15(22-10(12(27)28)2-8-4-18-6-20-8)26-16(25-14)23-11(13(29)30)3-9-5-19-7-21-9/h4-7,10-11H,2-3H2,1H3,(H,18,20)(H,19,21)(H,27,28)(H,29,30)(H3,17,22,23,24,25,26). The van der Waals surface area contributed by atoms with Crippen molar-refractivity contribution in [1.82, 2.24) is 34.9 Å². The normalized spacial score (nSPS) is 12.7. The minimum absolute atomic E-state index is 0.0329. The second-order valence-electron chi connectivity index (χ2n) is 6.19. The molecule has 0 amide bonds. The molecule has 2 unspecified atom stereocenters. The number of rotatable bonds is 11. The van der Waals surface area contributed by atoms with Crippen LogP contribution in [0.4, 0.5) is 17.8 Å². The molecule has 7 N–H and O–H groups in total. The van der Waals surface area contributed by atoms with Crippen LogP contribution in [0.1, 0.15) is 11.4 Å². The van der Waals surface area contributed by atoms with Crippen LogP contribution in [0.3, 0.4) is 0 Å². The number of carboxylic acid groups (broad SMARTS) is 2. The van der Waals surface area contributed by atoms with Crippen molar-refractivity contribution in [1.29, 1.82) is 0 Å². The second kappa shape index (κ2) is 9.31. The third-order valence-electron chi connectivity index (χ3n) is 4.02. The number of hydrogen-bond donors (Lipinski definition) is 7. The molecule has 0 radical (unpaired) electrons. The van der Waals surface area contributed by atoms with Gasteiger partial charge in [0.1, 0.15) is 12.1 Å². The summed E-state index contributed by atoms with van der Waals surface area (Å²) >= 11 is 0. The maximum absolute atomic E-state index is 11.6. The summed E-state index contributed by atoms with van der Waals surface area (Å²) in [5.74, 6) is -2.17. The Balaban J connectivity index is 1.79. The zero-order valence-corrected chi connectivity index (χ0v) is 15.8. The first-order valence-electron chi connectivity index (χ1n) is 8.81. The first-order valence-corrected chi connectivity index (χ1v) is 8.81. The van der Waals surface area contributed by atoms with Crippen molar-refractivity contribution in [2.24, 2.45) is 0 Å². The minimum Gasteiger partial charge on any atom is -0.480 e. The number of carbonyl (C=O) groups is 2. The van der Waals surface area contributed by atoms with Crippen molar-refractivity contribution in [2.45, 2.75) is 24.9 Å². The van der Waals surface area contributed by atoms with Gasteiger partial charge < -0.3 is 36.1 Å². The lowest BCUT2D eigenvalue weighted by atomic mass is 10.1. The summed E-state index contributed by atoms with van der Waals surface area (Å²) in [6, 6.07) is -2.10. The van der Waals surface area contributed by atoms with E-state index in [0.29, 0.717) is 11.4 Å². The molecule has 3 aromatic rings. The van der Waals surface area contributed by atoms with Crippen molar-refractivity contribution in [2.75, 3.05) is 23.0 Å². The molecular formula is C16H20N10O4. The van der Waals surface area contributed by atoms with Gasteiger partial charge in [-0.15, -0.1) is 0 Å². The van der Waals surface area contributed by atoms with Crippen molar-refractivity contribution in [3.05, 3.63) is 36.4 Å². The van der Waals surface area contributed by atoms with E-state index < -0.39 is 24.0 Å². The molecule has 2 atom stereocenters. The SMILES string of the molecule is CNc1nc(NC(Cc2cnc[nH]2)C(=O)O)nc(NC(Cc2cnc[nH]2)C(=O)O)n1. The topological polar surface area (TPSA) is 207 Å². The van der Waals surface area contributed by atoms with Gasteiger partial charge in [-0.05, 0) is 0 Å². The highest BCUT2D eigenvalue weighted by molar-refractivity contribution is 5.78. The van der Waals surface area contributed by atoms with E-state index in [0.717, 1.165) is 0 Å². The van der Waals surface area contributed by atoms with Crippen LogP contribution in [-0.2, 0) is 22.4 Å². The first kappa shape index (κ1) is 20.5. The molecule has 14 heteroatoms. The summed E-state index contributed by atoms with van der Waals surface area (Å²) in [4.78, 5) is 49.0. The van der Waals surface area contributed by atoms with Gasteiger partial charge in [0.15, 0.2) is 0 Å². The fourth-order valence-corrected chi connectivity index (χ4v) is 2.56. The molecule has 0 aliphatic heterocycles. The van der Waals surface area contributed by atoms with E-state index in [1.165, 1.54) is 25.0 Å². The first-order chi connectivity index (χ1) is 14.4. The Labute approximate surface area is 169 Å². The average Bonchev–Trinajstić information content (AvgIpc) is 3.40. The summed E-state index contributed by atoms with van der Waals surface area (Å²) in [7, 11) is 1.57. The summed E-state index contributed by atoms with van der Waals surface area (Å²) in [5.41, 5.74) is 1.23. The highest BCUT2D eigenvalue weighted by Gasteiger charge is 2.23. The largest absolute Gasteiger partial charge is 0.480 e. The van der Waals surface area contributed by atoms with Gasteiger partial charge in [0, 0.05) is 43.7 Å². The van der Waals surface area contributed by atoms with Crippen molar-refractivity contribution in [3.8, 4) is 0 Å². The molecule has 0 bridgehead atoms. The number of H-pyrrole nitrogens is 2. The van der Waals surface area contributed by atoms with Crippen molar-refractivity contribution < 1.29 is 19.8 Å². The van der Waals surface area contributed by atoms with Crippen LogP contribution in [0, 0.1) is 0 Å². The van der Waals surface area contributed by atoms with E-state index >= 15 is 0 Å². The maximum Gasteiger partial charge on any atom is 0.326 e. The second-order valence-corrected chi connectivity index (χ2v) is 6.19. The molecule has 0 saturated heterocycles. The number of aromatic nitrogens is 7. The molecule has 14 nitrogen and oxygen atoms in total. The van der Waals surface area contributed by atoms with Gasteiger partial charge in [-0.2, -0.15) is 15.0 Å². The van der Waals surface area contributed by atoms with Gasteiger partial charge in [-0.3, -0.25) is 0 Å². The molecule has 0 aromatic carbocycles. The third-order valence-corrected chi connectivity index (χ3v) is 4.02. The lowest BCUT2D eigenvalue weighted by molar-refractivity contribution is -0.138. The molecule has 30 heavy (non-hydrogen) atoms. The summed E-state index contributed by atoms with van der Waals surface area (Å²) in [6.07, 6.45) is 6.15. The zero-order chi connectivity index (χ0) is 21.5. The quantitative estimate of drug-likeness (QED) is 0.213. The van der Waals surface area contributed by atoms with Crippen LogP contribution in [-0.4, -0.2) is 76.2 Å². The highest BCUT2D eigenvalue weighted by Crippen LogP contribution is 2.14. The predicted octanol–water partition coefficient (Wildman–Crippen LogP) is -0.425.